The fraction of sp³-hybridized carbons (Fsp3) is 0.143. The zero-order chi connectivity index (χ0) is 21.3. The first-order valence-electron chi connectivity index (χ1n) is 9.06. The number of rotatable bonds is 5. The Morgan fingerprint density at radius 2 is 1.93 bits per heavy atom. The topological polar surface area (TPSA) is 81.9 Å². The Labute approximate surface area is 176 Å². The van der Waals surface area contributed by atoms with Crippen LogP contribution in [0, 0.1) is 19.7 Å². The number of anilines is 1. The quantitative estimate of drug-likeness (QED) is 0.514. The van der Waals surface area contributed by atoms with Crippen LogP contribution in [0.25, 0.3) is 16.9 Å². The molecule has 0 atom stereocenters. The molecule has 0 aliphatic rings. The third kappa shape index (κ3) is 3.79. The molecule has 0 fully saturated rings. The molecular formula is C21H18FN5O2S. The van der Waals surface area contributed by atoms with Crippen molar-refractivity contribution in [2.75, 3.05) is 12.4 Å². The lowest BCUT2D eigenvalue weighted by Crippen LogP contribution is -2.14. The van der Waals surface area contributed by atoms with Crippen molar-refractivity contribution >= 4 is 22.4 Å². The fourth-order valence-electron chi connectivity index (χ4n) is 2.92. The monoisotopic (exact) mass is 423 g/mol. The van der Waals surface area contributed by atoms with Gasteiger partial charge < -0.3 is 4.74 Å². The van der Waals surface area contributed by atoms with E-state index < -0.39 is 11.7 Å². The number of aromatic nitrogens is 4. The highest BCUT2D eigenvalue weighted by atomic mass is 32.1. The molecule has 30 heavy (non-hydrogen) atoms. The molecule has 1 amide bonds. The molecule has 4 aromatic rings. The molecule has 9 heteroatoms. The summed E-state index contributed by atoms with van der Waals surface area (Å²) < 4.78 is 20.5. The van der Waals surface area contributed by atoms with Crippen LogP contribution in [0.3, 0.4) is 0 Å². The maximum Gasteiger partial charge on any atom is 0.279 e. The van der Waals surface area contributed by atoms with Gasteiger partial charge >= 0.3 is 0 Å². The van der Waals surface area contributed by atoms with Crippen LogP contribution in [-0.2, 0) is 0 Å². The number of nitrogens with zero attached hydrogens (tertiary/aromatic N) is 4. The molecule has 0 unspecified atom stereocenters. The average molecular weight is 423 g/mol. The van der Waals surface area contributed by atoms with Gasteiger partial charge in [0.15, 0.2) is 22.4 Å². The third-order valence-corrected chi connectivity index (χ3v) is 5.32. The zero-order valence-corrected chi connectivity index (χ0v) is 17.3. The van der Waals surface area contributed by atoms with E-state index in [1.54, 1.807) is 23.1 Å². The van der Waals surface area contributed by atoms with E-state index >= 15 is 0 Å². The largest absolute Gasteiger partial charge is 0.494 e. The van der Waals surface area contributed by atoms with E-state index in [0.717, 1.165) is 11.3 Å². The second-order valence-electron chi connectivity index (χ2n) is 6.61. The van der Waals surface area contributed by atoms with Gasteiger partial charge in [-0.05, 0) is 44.2 Å². The summed E-state index contributed by atoms with van der Waals surface area (Å²) >= 11 is 1.24. The first-order chi connectivity index (χ1) is 14.5. The third-order valence-electron chi connectivity index (χ3n) is 4.56. The number of hydrogen-bond acceptors (Lipinski definition) is 6. The lowest BCUT2D eigenvalue weighted by atomic mass is 10.1. The average Bonchev–Trinajstić information content (AvgIpc) is 3.35. The first kappa shape index (κ1) is 19.7. The Hall–Kier alpha value is -3.59. The number of carbonyl (C=O) groups is 1. The Balaban J connectivity index is 1.53. The van der Waals surface area contributed by atoms with Crippen molar-refractivity contribution in [2.45, 2.75) is 13.8 Å². The maximum atomic E-state index is 13.9. The normalized spacial score (nSPS) is 10.8. The van der Waals surface area contributed by atoms with Gasteiger partial charge in [-0.3, -0.25) is 10.1 Å². The molecule has 0 aliphatic carbocycles. The molecule has 4 rings (SSSR count). The van der Waals surface area contributed by atoms with Crippen LogP contribution in [0.15, 0.2) is 47.8 Å². The van der Waals surface area contributed by atoms with Crippen molar-refractivity contribution in [3.05, 3.63) is 70.6 Å². The van der Waals surface area contributed by atoms with Crippen LogP contribution >= 0.6 is 11.3 Å². The molecule has 0 spiro atoms. The molecule has 0 saturated heterocycles. The van der Waals surface area contributed by atoms with E-state index in [2.05, 4.69) is 20.6 Å². The zero-order valence-electron chi connectivity index (χ0n) is 16.5. The van der Waals surface area contributed by atoms with E-state index in [0.29, 0.717) is 22.1 Å². The van der Waals surface area contributed by atoms with Crippen molar-refractivity contribution in [1.82, 2.24) is 20.0 Å². The summed E-state index contributed by atoms with van der Waals surface area (Å²) in [5.41, 5.74) is 3.92. The summed E-state index contributed by atoms with van der Waals surface area (Å²) in [7, 11) is 1.41. The molecule has 0 bridgehead atoms. The minimum Gasteiger partial charge on any atom is -0.494 e. The van der Waals surface area contributed by atoms with Crippen molar-refractivity contribution in [3.8, 4) is 22.7 Å². The number of hydrogen-bond donors (Lipinski definition) is 1. The first-order valence-corrected chi connectivity index (χ1v) is 9.94. The SMILES string of the molecule is COc1ccc(-c2csc(NC(=O)c3nnn(-c4ccc(C)cc4)c3C)n2)cc1F. The van der Waals surface area contributed by atoms with Crippen LogP contribution in [0.4, 0.5) is 9.52 Å². The second-order valence-corrected chi connectivity index (χ2v) is 7.47. The van der Waals surface area contributed by atoms with Gasteiger partial charge in [-0.25, -0.2) is 14.1 Å². The summed E-state index contributed by atoms with van der Waals surface area (Å²) in [4.78, 5) is 17.1. The summed E-state index contributed by atoms with van der Waals surface area (Å²) in [6.45, 7) is 3.78. The van der Waals surface area contributed by atoms with Crippen LogP contribution in [0.2, 0.25) is 0 Å². The van der Waals surface area contributed by atoms with Gasteiger partial charge in [-0.1, -0.05) is 22.9 Å². The van der Waals surface area contributed by atoms with Gasteiger partial charge in [0.1, 0.15) is 0 Å². The second kappa shape index (κ2) is 8.03. The van der Waals surface area contributed by atoms with Crippen LogP contribution in [0.5, 0.6) is 5.75 Å². The smallest absolute Gasteiger partial charge is 0.279 e. The predicted molar refractivity (Wildman–Crippen MR) is 113 cm³/mol. The Kier molecular flexibility index (Phi) is 5.28. The number of ether oxygens (including phenoxy) is 1. The number of carbonyl (C=O) groups excluding carboxylic acids is 1. The van der Waals surface area contributed by atoms with E-state index in [-0.39, 0.29) is 11.4 Å². The maximum absolute atomic E-state index is 13.9. The molecule has 0 radical (unpaired) electrons. The van der Waals surface area contributed by atoms with Crippen LogP contribution in [-0.4, -0.2) is 33.0 Å². The van der Waals surface area contributed by atoms with E-state index in [1.165, 1.54) is 30.6 Å². The van der Waals surface area contributed by atoms with Gasteiger partial charge in [0.25, 0.3) is 5.91 Å². The molecular weight excluding hydrogens is 405 g/mol. The number of aryl methyl sites for hydroxylation is 1. The van der Waals surface area contributed by atoms with Crippen LogP contribution < -0.4 is 10.1 Å². The Morgan fingerprint density at radius 1 is 1.17 bits per heavy atom. The Morgan fingerprint density at radius 3 is 2.63 bits per heavy atom. The number of methoxy groups -OCH3 is 1. The van der Waals surface area contributed by atoms with Crippen LogP contribution in [0.1, 0.15) is 21.7 Å². The lowest BCUT2D eigenvalue weighted by molar-refractivity contribution is 0.102. The van der Waals surface area contributed by atoms with Crippen molar-refractivity contribution in [2.24, 2.45) is 0 Å². The molecule has 0 saturated carbocycles. The molecule has 2 aromatic heterocycles. The van der Waals surface area contributed by atoms with Gasteiger partial charge in [0.2, 0.25) is 0 Å². The molecule has 0 aliphatic heterocycles. The Bertz CT molecular complexity index is 1220. The summed E-state index contributed by atoms with van der Waals surface area (Å²) in [5, 5.41) is 13.0. The molecule has 152 valence electrons. The number of halogens is 1. The molecule has 2 heterocycles. The van der Waals surface area contributed by atoms with Gasteiger partial charge in [0.05, 0.1) is 24.2 Å². The minimum atomic E-state index is -0.475. The highest BCUT2D eigenvalue weighted by Crippen LogP contribution is 2.28. The van der Waals surface area contributed by atoms with Gasteiger partial charge in [-0.2, -0.15) is 0 Å². The minimum absolute atomic E-state index is 0.162. The summed E-state index contributed by atoms with van der Waals surface area (Å²) in [6, 6.07) is 12.4. The highest BCUT2D eigenvalue weighted by Gasteiger charge is 2.19. The molecule has 1 N–H and O–H groups in total. The van der Waals surface area contributed by atoms with E-state index in [1.807, 2.05) is 31.2 Å². The van der Waals surface area contributed by atoms with Gasteiger partial charge in [-0.15, -0.1) is 16.4 Å². The summed E-state index contributed by atoms with van der Waals surface area (Å²) in [6.07, 6.45) is 0. The number of thiazole rings is 1. The molecule has 2 aromatic carbocycles. The van der Waals surface area contributed by atoms with Crippen molar-refractivity contribution < 1.29 is 13.9 Å². The summed E-state index contributed by atoms with van der Waals surface area (Å²) in [5.74, 6) is -0.723. The lowest BCUT2D eigenvalue weighted by Gasteiger charge is -2.04. The fourth-order valence-corrected chi connectivity index (χ4v) is 3.63. The van der Waals surface area contributed by atoms with Crippen molar-refractivity contribution in [3.63, 3.8) is 0 Å². The molecule has 7 nitrogen and oxygen atoms in total. The van der Waals surface area contributed by atoms with E-state index in [9.17, 15) is 9.18 Å². The van der Waals surface area contributed by atoms with Gasteiger partial charge in [0, 0.05) is 10.9 Å². The van der Waals surface area contributed by atoms with E-state index in [4.69, 9.17) is 4.74 Å². The standard InChI is InChI=1S/C21H18FN5O2S/c1-12-4-7-15(8-5-12)27-13(2)19(25-26-27)20(28)24-21-23-17(11-30-21)14-6-9-18(29-3)16(22)10-14/h4-11H,1-3H3,(H,23,24,28). The van der Waals surface area contributed by atoms with Crippen molar-refractivity contribution in [1.29, 1.82) is 0 Å². The highest BCUT2D eigenvalue weighted by molar-refractivity contribution is 7.14. The number of amides is 1. The number of nitrogens with one attached hydrogen (secondary N) is 1. The predicted octanol–water partition coefficient (Wildman–Crippen LogP) is 4.41. The number of benzene rings is 2.